The van der Waals surface area contributed by atoms with Gasteiger partial charge in [0.2, 0.25) is 5.91 Å². The summed E-state index contributed by atoms with van der Waals surface area (Å²) in [6.07, 6.45) is 4.62. The average Bonchev–Trinajstić information content (AvgIpc) is 3.01. The molecule has 14 nitrogen and oxygen atoms in total. The number of anilines is 2. The predicted molar refractivity (Wildman–Crippen MR) is 180 cm³/mol. The Bertz CT molecular complexity index is 1290. The number of hydrogen-bond donors (Lipinski definition) is 2. The van der Waals surface area contributed by atoms with E-state index in [4.69, 9.17) is 28.4 Å². The first-order valence-electron chi connectivity index (χ1n) is 16.1. The van der Waals surface area contributed by atoms with Crippen molar-refractivity contribution in [3.63, 3.8) is 0 Å². The van der Waals surface area contributed by atoms with E-state index in [1.807, 2.05) is 52.0 Å². The van der Waals surface area contributed by atoms with E-state index in [9.17, 15) is 14.4 Å². The van der Waals surface area contributed by atoms with Crippen molar-refractivity contribution in [1.82, 2.24) is 15.3 Å². The Morgan fingerprint density at radius 3 is 2.17 bits per heavy atom. The largest absolute Gasteiger partial charge is 0.464 e. The van der Waals surface area contributed by atoms with Crippen molar-refractivity contribution < 1.29 is 42.8 Å². The van der Waals surface area contributed by atoms with Crippen LogP contribution in [0.4, 0.5) is 16.3 Å². The maximum atomic E-state index is 12.4. The van der Waals surface area contributed by atoms with E-state index in [2.05, 4.69) is 25.5 Å². The van der Waals surface area contributed by atoms with Gasteiger partial charge in [-0.2, -0.15) is 0 Å². The van der Waals surface area contributed by atoms with E-state index in [0.29, 0.717) is 45.3 Å². The lowest BCUT2D eigenvalue weighted by Gasteiger charge is -2.40. The maximum Gasteiger partial charge on any atom is 0.408 e. The fraction of sp³-hybridized carbons (Fsp3) is 0.606. The highest BCUT2D eigenvalue weighted by atomic mass is 32.2. The van der Waals surface area contributed by atoms with Crippen molar-refractivity contribution in [2.45, 2.75) is 68.5 Å². The number of benzene rings is 1. The van der Waals surface area contributed by atoms with Gasteiger partial charge in [0.05, 0.1) is 58.6 Å². The summed E-state index contributed by atoms with van der Waals surface area (Å²) in [5.41, 5.74) is -0.233. The number of alkyl carbamates (subject to hydrolysis) is 1. The average molecular weight is 692 g/mol. The third kappa shape index (κ3) is 15.6. The van der Waals surface area contributed by atoms with Gasteiger partial charge in [0.15, 0.2) is 0 Å². The highest BCUT2D eigenvalue weighted by Gasteiger charge is 2.33. The van der Waals surface area contributed by atoms with Crippen LogP contribution in [0, 0.1) is 0 Å². The summed E-state index contributed by atoms with van der Waals surface area (Å²) in [5, 5.41) is 6.60. The molecular weight excluding hydrogens is 642 g/mol. The normalized spacial score (nSPS) is 14.3. The number of carbonyl (C=O) groups excluding carboxylic acids is 3. The van der Waals surface area contributed by atoms with Crippen molar-refractivity contribution in [1.29, 1.82) is 0 Å². The highest BCUT2D eigenvalue weighted by Crippen LogP contribution is 2.29. The van der Waals surface area contributed by atoms with E-state index in [0.717, 1.165) is 41.7 Å². The Hall–Kier alpha value is -3.50. The van der Waals surface area contributed by atoms with E-state index in [1.54, 1.807) is 19.3 Å². The van der Waals surface area contributed by atoms with Crippen LogP contribution in [-0.2, 0) is 38.0 Å². The molecule has 1 saturated heterocycles. The maximum absolute atomic E-state index is 12.4. The van der Waals surface area contributed by atoms with Crippen molar-refractivity contribution >= 4 is 41.2 Å². The standard InChI is InChI=1S/C33H49N5O9S/c1-6-46-30(40)24-45-19-17-43-15-14-42-16-18-44-23-28(39)36-25-8-7-9-26(20-25)48-29-22-34-27(21-35-29)38-12-10-33(5,11-13-38)37-31(41)47-32(2,3)4/h7-9,20-22H,6,10-19,23-24H2,1-5H3,(H,36,39)(H,37,41). The van der Waals surface area contributed by atoms with Crippen LogP contribution in [0.2, 0.25) is 0 Å². The van der Waals surface area contributed by atoms with Crippen LogP contribution in [0.1, 0.15) is 47.5 Å². The van der Waals surface area contributed by atoms with E-state index >= 15 is 0 Å². The summed E-state index contributed by atoms with van der Waals surface area (Å²) in [7, 11) is 0. The minimum atomic E-state index is -0.539. The molecule has 266 valence electrons. The van der Waals surface area contributed by atoms with Gasteiger partial charge in [-0.1, -0.05) is 17.8 Å². The van der Waals surface area contributed by atoms with Gasteiger partial charge in [-0.25, -0.2) is 19.6 Å². The lowest BCUT2D eigenvalue weighted by atomic mass is 9.90. The lowest BCUT2D eigenvalue weighted by molar-refractivity contribution is -0.149. The molecule has 0 bridgehead atoms. The minimum absolute atomic E-state index is 0.0898. The molecule has 1 aliphatic heterocycles. The zero-order valence-corrected chi connectivity index (χ0v) is 29.4. The summed E-state index contributed by atoms with van der Waals surface area (Å²) >= 11 is 1.45. The number of piperidine rings is 1. The monoisotopic (exact) mass is 691 g/mol. The molecule has 2 aromatic rings. The van der Waals surface area contributed by atoms with E-state index in [-0.39, 0.29) is 31.3 Å². The summed E-state index contributed by atoms with van der Waals surface area (Å²) in [5.74, 6) is 0.116. The molecule has 1 aromatic carbocycles. The Morgan fingerprint density at radius 1 is 0.917 bits per heavy atom. The molecule has 0 saturated carbocycles. The summed E-state index contributed by atoms with van der Waals surface area (Å²) in [6.45, 7) is 12.9. The molecule has 1 aromatic heterocycles. The molecule has 0 spiro atoms. The van der Waals surface area contributed by atoms with Gasteiger partial charge in [0, 0.05) is 29.2 Å². The van der Waals surface area contributed by atoms with Gasteiger partial charge in [0.1, 0.15) is 29.7 Å². The van der Waals surface area contributed by atoms with Gasteiger partial charge in [-0.15, -0.1) is 0 Å². The van der Waals surface area contributed by atoms with Crippen LogP contribution >= 0.6 is 11.8 Å². The second-order valence-electron chi connectivity index (χ2n) is 12.2. The fourth-order valence-electron chi connectivity index (χ4n) is 4.47. The number of nitrogens with zero attached hydrogens (tertiary/aromatic N) is 3. The van der Waals surface area contributed by atoms with Gasteiger partial charge >= 0.3 is 12.1 Å². The number of carbonyl (C=O) groups is 3. The molecule has 2 N–H and O–H groups in total. The first-order valence-corrected chi connectivity index (χ1v) is 16.9. The quantitative estimate of drug-likeness (QED) is 0.160. The Balaban J connectivity index is 1.29. The summed E-state index contributed by atoms with van der Waals surface area (Å²) in [6, 6.07) is 7.47. The van der Waals surface area contributed by atoms with Gasteiger partial charge in [-0.05, 0) is 65.7 Å². The molecule has 3 rings (SSSR count). The van der Waals surface area contributed by atoms with Crippen LogP contribution in [0.15, 0.2) is 46.6 Å². The third-order valence-electron chi connectivity index (χ3n) is 6.82. The molecule has 0 atom stereocenters. The SMILES string of the molecule is CCOC(=O)COCCOCCOCCOCC(=O)Nc1cccc(Sc2cnc(N3CCC(C)(NC(=O)OC(C)(C)C)CC3)cn2)c1. The fourth-order valence-corrected chi connectivity index (χ4v) is 5.25. The van der Waals surface area contributed by atoms with E-state index < -0.39 is 17.7 Å². The number of esters is 1. The van der Waals surface area contributed by atoms with Gasteiger partial charge < -0.3 is 44.0 Å². The predicted octanol–water partition coefficient (Wildman–Crippen LogP) is 4.08. The molecule has 0 aliphatic carbocycles. The number of rotatable bonds is 19. The molecule has 1 fully saturated rings. The van der Waals surface area contributed by atoms with Crippen molar-refractivity contribution in [3.8, 4) is 0 Å². The first-order chi connectivity index (χ1) is 22.9. The zero-order valence-electron chi connectivity index (χ0n) is 28.6. The summed E-state index contributed by atoms with van der Waals surface area (Å²) in [4.78, 5) is 48.1. The Morgan fingerprint density at radius 2 is 1.56 bits per heavy atom. The van der Waals surface area contributed by atoms with Gasteiger partial charge in [-0.3, -0.25) is 4.79 Å². The third-order valence-corrected chi connectivity index (χ3v) is 7.73. The molecule has 1 aliphatic rings. The molecule has 48 heavy (non-hydrogen) atoms. The van der Waals surface area contributed by atoms with Crippen LogP contribution in [-0.4, -0.2) is 112 Å². The van der Waals surface area contributed by atoms with Crippen LogP contribution < -0.4 is 15.5 Å². The Labute approximate surface area is 286 Å². The second-order valence-corrected chi connectivity index (χ2v) is 13.3. The highest BCUT2D eigenvalue weighted by molar-refractivity contribution is 7.99. The Kier molecular flexibility index (Phi) is 16.3. The van der Waals surface area contributed by atoms with Gasteiger partial charge in [0.25, 0.3) is 0 Å². The number of amides is 2. The number of ether oxygens (including phenoxy) is 6. The van der Waals surface area contributed by atoms with Crippen molar-refractivity contribution in [2.75, 3.05) is 82.8 Å². The first kappa shape index (κ1) is 38.9. The molecule has 2 heterocycles. The second kappa shape index (κ2) is 20.1. The van der Waals surface area contributed by atoms with Crippen LogP contribution in [0.5, 0.6) is 0 Å². The number of aromatic nitrogens is 2. The van der Waals surface area contributed by atoms with Crippen LogP contribution in [0.3, 0.4) is 0 Å². The summed E-state index contributed by atoms with van der Waals surface area (Å²) < 4.78 is 31.5. The molecular formula is C33H49N5O9S. The molecule has 0 radical (unpaired) electrons. The molecule has 15 heteroatoms. The number of nitrogens with one attached hydrogen (secondary N) is 2. The lowest BCUT2D eigenvalue weighted by Crippen LogP contribution is -2.54. The minimum Gasteiger partial charge on any atom is -0.464 e. The van der Waals surface area contributed by atoms with Crippen LogP contribution in [0.25, 0.3) is 0 Å². The van der Waals surface area contributed by atoms with Crippen molar-refractivity contribution in [2.24, 2.45) is 0 Å². The molecule has 0 unspecified atom stereocenters. The molecule has 2 amide bonds. The van der Waals surface area contributed by atoms with E-state index in [1.165, 1.54) is 11.8 Å². The van der Waals surface area contributed by atoms with Crippen molar-refractivity contribution in [3.05, 3.63) is 36.7 Å². The smallest absolute Gasteiger partial charge is 0.408 e. The zero-order chi connectivity index (χ0) is 34.8. The number of hydrogen-bond acceptors (Lipinski definition) is 13. The topological polar surface area (TPSA) is 160 Å².